The van der Waals surface area contributed by atoms with Gasteiger partial charge < -0.3 is 4.74 Å². The van der Waals surface area contributed by atoms with Gasteiger partial charge in [0.15, 0.2) is 11.4 Å². The maximum atomic E-state index is 12.5. The molecule has 0 unspecified atom stereocenters. The fourth-order valence-electron chi connectivity index (χ4n) is 2.62. The van der Waals surface area contributed by atoms with Crippen LogP contribution in [0.25, 0.3) is 16.9 Å². The Labute approximate surface area is 144 Å². The molecule has 0 aliphatic heterocycles. The molecular formula is C20H15N3O2. The van der Waals surface area contributed by atoms with Crippen LogP contribution >= 0.6 is 0 Å². The summed E-state index contributed by atoms with van der Waals surface area (Å²) in [4.78, 5) is 21.1. The topological polar surface area (TPSA) is 56.5 Å². The number of hydrogen-bond acceptors (Lipinski definition) is 4. The Morgan fingerprint density at radius 3 is 2.56 bits per heavy atom. The summed E-state index contributed by atoms with van der Waals surface area (Å²) in [5, 5.41) is 0. The molecule has 4 rings (SSSR count). The molecule has 122 valence electrons. The number of benzene rings is 1. The van der Waals surface area contributed by atoms with Crippen molar-refractivity contribution in [2.24, 2.45) is 0 Å². The lowest BCUT2D eigenvalue weighted by atomic mass is 10.2. The van der Waals surface area contributed by atoms with Crippen molar-refractivity contribution in [3.63, 3.8) is 0 Å². The minimum Gasteiger partial charge on any atom is -0.485 e. The third-order valence-electron chi connectivity index (χ3n) is 3.87. The van der Waals surface area contributed by atoms with Crippen molar-refractivity contribution in [2.75, 3.05) is 0 Å². The zero-order valence-corrected chi connectivity index (χ0v) is 13.4. The van der Waals surface area contributed by atoms with Gasteiger partial charge in [0.2, 0.25) is 0 Å². The van der Waals surface area contributed by atoms with E-state index >= 15 is 0 Å². The molecule has 4 aromatic rings. The highest BCUT2D eigenvalue weighted by Crippen LogP contribution is 2.21. The first-order chi connectivity index (χ1) is 12.3. The Bertz CT molecular complexity index is 1060. The Balaban J connectivity index is 1.77. The van der Waals surface area contributed by atoms with E-state index in [1.807, 2.05) is 48.5 Å². The Morgan fingerprint density at radius 1 is 0.960 bits per heavy atom. The van der Waals surface area contributed by atoms with E-state index in [0.717, 1.165) is 11.1 Å². The maximum Gasteiger partial charge on any atom is 0.258 e. The van der Waals surface area contributed by atoms with Crippen LogP contribution in [-0.4, -0.2) is 14.4 Å². The molecule has 0 aliphatic rings. The van der Waals surface area contributed by atoms with Crippen LogP contribution in [0, 0.1) is 0 Å². The molecule has 3 aromatic heterocycles. The third kappa shape index (κ3) is 3.12. The first kappa shape index (κ1) is 15.1. The van der Waals surface area contributed by atoms with E-state index < -0.39 is 0 Å². The highest BCUT2D eigenvalue weighted by molar-refractivity contribution is 5.63. The normalized spacial score (nSPS) is 10.7. The highest BCUT2D eigenvalue weighted by atomic mass is 16.5. The average molecular weight is 329 g/mol. The summed E-state index contributed by atoms with van der Waals surface area (Å²) in [6.07, 6.45) is 5.05. The van der Waals surface area contributed by atoms with E-state index in [1.54, 1.807) is 24.7 Å². The molecule has 5 nitrogen and oxygen atoms in total. The van der Waals surface area contributed by atoms with Crippen molar-refractivity contribution >= 4 is 5.65 Å². The molecule has 5 heteroatoms. The van der Waals surface area contributed by atoms with Gasteiger partial charge in [-0.3, -0.25) is 14.2 Å². The van der Waals surface area contributed by atoms with Crippen LogP contribution < -0.4 is 10.3 Å². The Kier molecular flexibility index (Phi) is 3.96. The van der Waals surface area contributed by atoms with Gasteiger partial charge >= 0.3 is 0 Å². The Morgan fingerprint density at radius 2 is 1.76 bits per heavy atom. The molecule has 0 saturated carbocycles. The van der Waals surface area contributed by atoms with Gasteiger partial charge in [-0.2, -0.15) is 0 Å². The zero-order chi connectivity index (χ0) is 17.1. The molecule has 0 atom stereocenters. The molecule has 0 aliphatic carbocycles. The van der Waals surface area contributed by atoms with Gasteiger partial charge in [0.05, 0.1) is 5.69 Å². The van der Waals surface area contributed by atoms with Gasteiger partial charge in [-0.15, -0.1) is 0 Å². The smallest absolute Gasteiger partial charge is 0.258 e. The molecule has 0 N–H and O–H groups in total. The molecule has 3 heterocycles. The molecule has 0 amide bonds. The van der Waals surface area contributed by atoms with Crippen molar-refractivity contribution in [2.45, 2.75) is 6.61 Å². The van der Waals surface area contributed by atoms with E-state index in [-0.39, 0.29) is 5.56 Å². The van der Waals surface area contributed by atoms with Gasteiger partial charge in [-0.1, -0.05) is 30.3 Å². The second-order valence-electron chi connectivity index (χ2n) is 5.56. The van der Waals surface area contributed by atoms with Crippen LogP contribution in [0.15, 0.2) is 84.0 Å². The van der Waals surface area contributed by atoms with Crippen LogP contribution in [0.2, 0.25) is 0 Å². The predicted molar refractivity (Wildman–Crippen MR) is 95.5 cm³/mol. The summed E-state index contributed by atoms with van der Waals surface area (Å²) in [7, 11) is 0. The lowest BCUT2D eigenvalue weighted by Crippen LogP contribution is -2.15. The van der Waals surface area contributed by atoms with Crippen LogP contribution in [0.3, 0.4) is 0 Å². The highest BCUT2D eigenvalue weighted by Gasteiger charge is 2.09. The molecule has 0 spiro atoms. The van der Waals surface area contributed by atoms with Gasteiger partial charge in [0.1, 0.15) is 6.61 Å². The molecule has 25 heavy (non-hydrogen) atoms. The Hall–Kier alpha value is -3.47. The van der Waals surface area contributed by atoms with Gasteiger partial charge in [0.25, 0.3) is 5.56 Å². The second-order valence-corrected chi connectivity index (χ2v) is 5.56. The number of rotatable bonds is 4. The summed E-state index contributed by atoms with van der Waals surface area (Å²) < 4.78 is 7.41. The molecule has 0 bridgehead atoms. The molecule has 0 radical (unpaired) electrons. The summed E-state index contributed by atoms with van der Waals surface area (Å²) in [5.74, 6) is 0.569. The van der Waals surface area contributed by atoms with Crippen molar-refractivity contribution in [1.29, 1.82) is 0 Å². The number of ether oxygens (including phenoxy) is 1. The SMILES string of the molecule is O=c1cc(-c2ccncc2)nc2c(OCc3ccccc3)cccn12. The number of pyridine rings is 2. The lowest BCUT2D eigenvalue weighted by Gasteiger charge is -2.10. The van der Waals surface area contributed by atoms with Crippen LogP contribution in [-0.2, 0) is 6.61 Å². The van der Waals surface area contributed by atoms with E-state index in [1.165, 1.54) is 10.5 Å². The van der Waals surface area contributed by atoms with Gasteiger partial charge in [-0.25, -0.2) is 4.98 Å². The number of nitrogens with zero attached hydrogens (tertiary/aromatic N) is 3. The molecule has 0 fully saturated rings. The van der Waals surface area contributed by atoms with Crippen LogP contribution in [0.1, 0.15) is 5.56 Å². The second kappa shape index (κ2) is 6.57. The third-order valence-corrected chi connectivity index (χ3v) is 3.87. The summed E-state index contributed by atoms with van der Waals surface area (Å²) >= 11 is 0. The number of fused-ring (bicyclic) bond motifs is 1. The fraction of sp³-hybridized carbons (Fsp3) is 0.0500. The van der Waals surface area contributed by atoms with Gasteiger partial charge in [0, 0.05) is 30.2 Å². The van der Waals surface area contributed by atoms with Gasteiger partial charge in [-0.05, 0) is 29.8 Å². The predicted octanol–water partition coefficient (Wildman–Crippen LogP) is 3.34. The van der Waals surface area contributed by atoms with E-state index in [9.17, 15) is 4.79 Å². The minimum absolute atomic E-state index is 0.151. The first-order valence-electron chi connectivity index (χ1n) is 7.91. The van der Waals surface area contributed by atoms with Crippen molar-refractivity contribution < 1.29 is 4.74 Å². The largest absolute Gasteiger partial charge is 0.485 e. The summed E-state index contributed by atoms with van der Waals surface area (Å²) in [6, 6.07) is 18.6. The van der Waals surface area contributed by atoms with Crippen molar-refractivity contribution in [1.82, 2.24) is 14.4 Å². The molecular weight excluding hydrogens is 314 g/mol. The van der Waals surface area contributed by atoms with Crippen LogP contribution in [0.4, 0.5) is 0 Å². The van der Waals surface area contributed by atoms with Crippen molar-refractivity contribution in [3.05, 3.63) is 95.2 Å². The number of hydrogen-bond donors (Lipinski definition) is 0. The molecule has 0 saturated heterocycles. The zero-order valence-electron chi connectivity index (χ0n) is 13.4. The number of aromatic nitrogens is 3. The summed E-state index contributed by atoms with van der Waals surface area (Å²) in [6.45, 7) is 0.413. The van der Waals surface area contributed by atoms with E-state index in [0.29, 0.717) is 23.7 Å². The van der Waals surface area contributed by atoms with E-state index in [4.69, 9.17) is 4.74 Å². The lowest BCUT2D eigenvalue weighted by molar-refractivity contribution is 0.308. The quantitative estimate of drug-likeness (QED) is 0.576. The first-order valence-corrected chi connectivity index (χ1v) is 7.91. The maximum absolute atomic E-state index is 12.5. The monoisotopic (exact) mass is 329 g/mol. The van der Waals surface area contributed by atoms with Crippen molar-refractivity contribution in [3.8, 4) is 17.0 Å². The summed E-state index contributed by atoms with van der Waals surface area (Å²) in [5.41, 5.74) is 2.84. The minimum atomic E-state index is -0.151. The standard InChI is InChI=1S/C20H15N3O2/c24-19-13-17(16-8-10-21-11-9-16)22-20-18(7-4-12-23(19)20)25-14-15-5-2-1-3-6-15/h1-13H,14H2. The average Bonchev–Trinajstić information content (AvgIpc) is 2.68. The molecule has 1 aromatic carbocycles. The fourth-order valence-corrected chi connectivity index (χ4v) is 2.62. The van der Waals surface area contributed by atoms with E-state index in [2.05, 4.69) is 9.97 Å². The van der Waals surface area contributed by atoms with Crippen LogP contribution in [0.5, 0.6) is 5.75 Å².